The van der Waals surface area contributed by atoms with Gasteiger partial charge >= 0.3 is 0 Å². The maximum atomic E-state index is 11.4. The Morgan fingerprint density at radius 1 is 1.35 bits per heavy atom. The largest absolute Gasteiger partial charge is 0.343 e. The first kappa shape index (κ1) is 13.4. The molecule has 1 saturated carbocycles. The van der Waals surface area contributed by atoms with Gasteiger partial charge in [0.15, 0.2) is 5.69 Å². The van der Waals surface area contributed by atoms with Crippen LogP contribution in [0.4, 0.5) is 5.69 Å². The lowest BCUT2D eigenvalue weighted by Crippen LogP contribution is -2.17. The van der Waals surface area contributed by atoms with E-state index in [1.807, 2.05) is 13.0 Å². The molecule has 2 aromatic rings. The van der Waals surface area contributed by atoms with Gasteiger partial charge in [-0.1, -0.05) is 0 Å². The fraction of sp³-hybridized carbons (Fsp3) is 0.375. The number of fused-ring (bicyclic) bond motifs is 1. The Morgan fingerprint density at radius 3 is 2.70 bits per heavy atom. The molecule has 4 heteroatoms. The van der Waals surface area contributed by atoms with E-state index in [9.17, 15) is 4.79 Å². The van der Waals surface area contributed by atoms with E-state index in [1.54, 1.807) is 0 Å². The Kier molecular flexibility index (Phi) is 3.39. The molecular formula is C16H15BrN2O. The van der Waals surface area contributed by atoms with E-state index in [1.165, 1.54) is 0 Å². The third-order valence-electron chi connectivity index (χ3n) is 4.13. The van der Waals surface area contributed by atoms with E-state index in [-0.39, 0.29) is 0 Å². The number of halogens is 1. The Morgan fingerprint density at radius 2 is 2.05 bits per heavy atom. The first-order valence-corrected chi connectivity index (χ1v) is 7.59. The maximum absolute atomic E-state index is 11.4. The van der Waals surface area contributed by atoms with Crippen molar-refractivity contribution in [2.75, 3.05) is 0 Å². The van der Waals surface area contributed by atoms with Crippen LogP contribution in [0.3, 0.4) is 0 Å². The molecule has 0 saturated heterocycles. The van der Waals surface area contributed by atoms with Crippen molar-refractivity contribution in [1.82, 2.24) is 4.57 Å². The number of hydrogen-bond acceptors (Lipinski definition) is 1. The quantitative estimate of drug-likeness (QED) is 0.679. The van der Waals surface area contributed by atoms with Gasteiger partial charge in [0, 0.05) is 40.5 Å². The van der Waals surface area contributed by atoms with Crippen molar-refractivity contribution in [3.8, 4) is 0 Å². The van der Waals surface area contributed by atoms with Gasteiger partial charge in [0.25, 0.3) is 0 Å². The Hall–Kier alpha value is -1.60. The van der Waals surface area contributed by atoms with Crippen LogP contribution in [-0.4, -0.2) is 10.4 Å². The van der Waals surface area contributed by atoms with Crippen LogP contribution in [-0.2, 0) is 4.79 Å². The van der Waals surface area contributed by atoms with E-state index in [0.29, 0.717) is 30.4 Å². The first-order chi connectivity index (χ1) is 9.60. The number of carbonyl (C=O) groups is 1. The number of hydrogen-bond donors (Lipinski definition) is 0. The highest BCUT2D eigenvalue weighted by Crippen LogP contribution is 2.37. The molecule has 1 aliphatic carbocycles. The second-order valence-electron chi connectivity index (χ2n) is 5.42. The summed E-state index contributed by atoms with van der Waals surface area (Å²) in [5.74, 6) is 0.378. The smallest absolute Gasteiger partial charge is 0.190 e. The summed E-state index contributed by atoms with van der Waals surface area (Å²) in [5, 5.41) is 1.08. The van der Waals surface area contributed by atoms with Crippen molar-refractivity contribution >= 4 is 38.3 Å². The van der Waals surface area contributed by atoms with Gasteiger partial charge < -0.3 is 4.57 Å². The number of aryl methyl sites for hydroxylation is 1. The summed E-state index contributed by atoms with van der Waals surface area (Å²) in [7, 11) is 0. The number of nitrogens with zero attached hydrogens (tertiary/aromatic N) is 2. The topological polar surface area (TPSA) is 26.4 Å². The van der Waals surface area contributed by atoms with Crippen LogP contribution in [0.15, 0.2) is 22.8 Å². The van der Waals surface area contributed by atoms with Gasteiger partial charge in [0.1, 0.15) is 5.78 Å². The van der Waals surface area contributed by atoms with E-state index < -0.39 is 0 Å². The van der Waals surface area contributed by atoms with Gasteiger partial charge in [-0.05, 0) is 53.4 Å². The molecule has 0 aliphatic heterocycles. The summed E-state index contributed by atoms with van der Waals surface area (Å²) in [6.07, 6.45) is 5.29. The highest BCUT2D eigenvalue weighted by atomic mass is 79.9. The normalized spacial score (nSPS) is 16.6. The number of ketones is 1. The fourth-order valence-electron chi connectivity index (χ4n) is 2.97. The lowest BCUT2D eigenvalue weighted by molar-refractivity contribution is -0.120. The average molecular weight is 331 g/mol. The summed E-state index contributed by atoms with van der Waals surface area (Å²) in [4.78, 5) is 15.0. The lowest BCUT2D eigenvalue weighted by Gasteiger charge is -2.23. The van der Waals surface area contributed by atoms with Crippen molar-refractivity contribution in [1.29, 1.82) is 0 Å². The van der Waals surface area contributed by atoms with E-state index in [4.69, 9.17) is 6.57 Å². The van der Waals surface area contributed by atoms with Crippen LogP contribution in [0.25, 0.3) is 15.7 Å². The minimum absolute atomic E-state index is 0.378. The highest BCUT2D eigenvalue weighted by Gasteiger charge is 2.22. The van der Waals surface area contributed by atoms with Crippen molar-refractivity contribution in [3.63, 3.8) is 0 Å². The number of carbonyl (C=O) groups excluding carboxylic acids is 1. The number of Topliss-reactive ketones (excluding diaryl/α,β-unsaturated/α-hetero) is 1. The summed E-state index contributed by atoms with van der Waals surface area (Å²) in [6.45, 7) is 9.20. The molecule has 1 heterocycles. The standard InChI is InChI=1S/C16H15BrN2O/c1-10-7-16-13(8-15(10)18-2)14(17)9-19(16)11-3-5-12(20)6-4-11/h7-9,11H,3-6H2,1H3. The minimum Gasteiger partial charge on any atom is -0.343 e. The number of aromatic nitrogens is 1. The Labute approximate surface area is 126 Å². The first-order valence-electron chi connectivity index (χ1n) is 6.80. The summed E-state index contributed by atoms with van der Waals surface area (Å²) >= 11 is 3.59. The molecule has 0 unspecified atom stereocenters. The van der Waals surface area contributed by atoms with Crippen molar-refractivity contribution < 1.29 is 4.79 Å². The summed E-state index contributed by atoms with van der Waals surface area (Å²) < 4.78 is 3.29. The van der Waals surface area contributed by atoms with Crippen molar-refractivity contribution in [3.05, 3.63) is 39.8 Å². The molecule has 0 amide bonds. The van der Waals surface area contributed by atoms with E-state index in [0.717, 1.165) is 33.8 Å². The van der Waals surface area contributed by atoms with E-state index >= 15 is 0 Å². The predicted octanol–water partition coefficient (Wildman–Crippen LogP) is 4.95. The van der Waals surface area contributed by atoms with Crippen molar-refractivity contribution in [2.45, 2.75) is 38.6 Å². The monoisotopic (exact) mass is 330 g/mol. The molecular weight excluding hydrogens is 316 g/mol. The Bertz CT molecular complexity index is 729. The molecule has 20 heavy (non-hydrogen) atoms. The van der Waals surface area contributed by atoms with Gasteiger partial charge in [-0.15, -0.1) is 0 Å². The third-order valence-corrected chi connectivity index (χ3v) is 4.76. The molecule has 0 radical (unpaired) electrons. The number of benzene rings is 1. The summed E-state index contributed by atoms with van der Waals surface area (Å²) in [5.41, 5.74) is 2.86. The molecule has 0 spiro atoms. The third kappa shape index (κ3) is 2.16. The molecule has 0 atom stereocenters. The number of rotatable bonds is 1. The predicted molar refractivity (Wildman–Crippen MR) is 83.1 cm³/mol. The molecule has 1 aromatic heterocycles. The van der Waals surface area contributed by atoms with Crippen LogP contribution in [0.2, 0.25) is 0 Å². The van der Waals surface area contributed by atoms with Crippen molar-refractivity contribution in [2.24, 2.45) is 0 Å². The summed E-state index contributed by atoms with van der Waals surface area (Å²) in [6, 6.07) is 4.43. The fourth-order valence-corrected chi connectivity index (χ4v) is 3.51. The SMILES string of the molecule is [C-]#[N+]c1cc2c(Br)cn(C3CCC(=O)CC3)c2cc1C. The molecule has 1 fully saturated rings. The zero-order valence-electron chi connectivity index (χ0n) is 11.3. The molecule has 1 aliphatic rings. The van der Waals surface area contributed by atoms with E-state index in [2.05, 4.69) is 37.6 Å². The van der Waals surface area contributed by atoms with Crippen LogP contribution in [0, 0.1) is 13.5 Å². The lowest BCUT2D eigenvalue weighted by atomic mass is 9.94. The van der Waals surface area contributed by atoms with Gasteiger partial charge in [-0.3, -0.25) is 4.79 Å². The second-order valence-corrected chi connectivity index (χ2v) is 6.28. The van der Waals surface area contributed by atoms with Gasteiger partial charge in [-0.25, -0.2) is 4.85 Å². The van der Waals surface area contributed by atoms with Crippen LogP contribution in [0.1, 0.15) is 37.3 Å². The molecule has 0 bridgehead atoms. The maximum Gasteiger partial charge on any atom is 0.190 e. The van der Waals surface area contributed by atoms with Gasteiger partial charge in [0.05, 0.1) is 6.57 Å². The minimum atomic E-state index is 0.378. The zero-order valence-corrected chi connectivity index (χ0v) is 12.9. The zero-order chi connectivity index (χ0) is 14.3. The van der Waals surface area contributed by atoms with Crippen LogP contribution < -0.4 is 0 Å². The molecule has 3 rings (SSSR count). The van der Waals surface area contributed by atoms with Crippen LogP contribution >= 0.6 is 15.9 Å². The average Bonchev–Trinajstić information content (AvgIpc) is 2.75. The highest BCUT2D eigenvalue weighted by molar-refractivity contribution is 9.10. The molecule has 1 aromatic carbocycles. The second kappa shape index (κ2) is 5.06. The van der Waals surface area contributed by atoms with Gasteiger partial charge in [-0.2, -0.15) is 0 Å². The molecule has 0 N–H and O–H groups in total. The Balaban J connectivity index is 2.11. The molecule has 3 nitrogen and oxygen atoms in total. The molecule has 102 valence electrons. The van der Waals surface area contributed by atoms with Crippen LogP contribution in [0.5, 0.6) is 0 Å². The van der Waals surface area contributed by atoms with Gasteiger partial charge in [0.2, 0.25) is 0 Å².